The second kappa shape index (κ2) is 5.83. The number of benzene rings is 1. The van der Waals surface area contributed by atoms with E-state index < -0.39 is 0 Å². The molecule has 0 saturated heterocycles. The van der Waals surface area contributed by atoms with Crippen LogP contribution in [0.4, 0.5) is 0 Å². The Morgan fingerprint density at radius 2 is 1.94 bits per heavy atom. The Labute approximate surface area is 109 Å². The van der Waals surface area contributed by atoms with E-state index in [4.69, 9.17) is 5.73 Å². The third-order valence-electron chi connectivity index (χ3n) is 3.19. The Morgan fingerprint density at radius 1 is 1.22 bits per heavy atom. The van der Waals surface area contributed by atoms with Crippen molar-refractivity contribution in [3.63, 3.8) is 0 Å². The summed E-state index contributed by atoms with van der Waals surface area (Å²) >= 11 is 0. The fraction of sp³-hybridized carbons (Fsp3) is 0.400. The molecule has 0 aliphatic heterocycles. The molecule has 0 aliphatic rings. The molecule has 0 amide bonds. The van der Waals surface area contributed by atoms with E-state index in [-0.39, 0.29) is 0 Å². The van der Waals surface area contributed by atoms with E-state index in [1.807, 2.05) is 6.20 Å². The van der Waals surface area contributed by atoms with Gasteiger partial charge >= 0.3 is 0 Å². The third kappa shape index (κ3) is 2.79. The van der Waals surface area contributed by atoms with Gasteiger partial charge in [0.2, 0.25) is 0 Å². The van der Waals surface area contributed by atoms with E-state index in [1.165, 1.54) is 22.4 Å². The maximum Gasteiger partial charge on any atom is 0.0662 e. The van der Waals surface area contributed by atoms with Gasteiger partial charge in [-0.3, -0.25) is 4.68 Å². The molecule has 0 atom stereocenters. The van der Waals surface area contributed by atoms with Crippen molar-refractivity contribution in [1.29, 1.82) is 0 Å². The minimum Gasteiger partial charge on any atom is -0.326 e. The van der Waals surface area contributed by atoms with Gasteiger partial charge in [0.1, 0.15) is 0 Å². The van der Waals surface area contributed by atoms with Gasteiger partial charge in [0, 0.05) is 17.8 Å². The maximum atomic E-state index is 5.75. The Bertz CT molecular complexity index is 497. The summed E-state index contributed by atoms with van der Waals surface area (Å²) in [4.78, 5) is 0. The minimum atomic E-state index is 0.573. The monoisotopic (exact) mass is 243 g/mol. The lowest BCUT2D eigenvalue weighted by molar-refractivity contribution is 0.634. The van der Waals surface area contributed by atoms with E-state index in [9.17, 15) is 0 Å². The zero-order valence-electron chi connectivity index (χ0n) is 11.2. The minimum absolute atomic E-state index is 0.573. The summed E-state index contributed by atoms with van der Waals surface area (Å²) < 4.78 is 2.08. The van der Waals surface area contributed by atoms with Gasteiger partial charge in [-0.1, -0.05) is 43.2 Å². The van der Waals surface area contributed by atoms with Crippen LogP contribution in [0, 0.1) is 6.92 Å². The van der Waals surface area contributed by atoms with E-state index in [1.54, 1.807) is 0 Å². The van der Waals surface area contributed by atoms with Crippen molar-refractivity contribution in [1.82, 2.24) is 9.78 Å². The predicted molar refractivity (Wildman–Crippen MR) is 74.4 cm³/mol. The van der Waals surface area contributed by atoms with E-state index in [0.29, 0.717) is 6.54 Å². The molecule has 0 saturated carbocycles. The van der Waals surface area contributed by atoms with Gasteiger partial charge in [0.25, 0.3) is 0 Å². The average molecular weight is 243 g/mol. The van der Waals surface area contributed by atoms with Crippen molar-refractivity contribution in [2.24, 2.45) is 5.73 Å². The molecule has 0 spiro atoms. The van der Waals surface area contributed by atoms with Gasteiger partial charge in [0.05, 0.1) is 12.7 Å². The zero-order chi connectivity index (χ0) is 13.0. The molecule has 0 unspecified atom stereocenters. The number of aryl methyl sites for hydroxylation is 1. The first-order valence-corrected chi connectivity index (χ1v) is 6.53. The normalized spacial score (nSPS) is 10.8. The van der Waals surface area contributed by atoms with Crippen LogP contribution < -0.4 is 5.73 Å². The molecular formula is C15H21N3. The van der Waals surface area contributed by atoms with Crippen molar-refractivity contribution >= 4 is 0 Å². The third-order valence-corrected chi connectivity index (χ3v) is 3.19. The summed E-state index contributed by atoms with van der Waals surface area (Å²) in [5.41, 5.74) is 10.8. The lowest BCUT2D eigenvalue weighted by Crippen LogP contribution is -2.08. The average Bonchev–Trinajstić information content (AvgIpc) is 2.75. The molecule has 0 bridgehead atoms. The standard InChI is InChI=1S/C15H21N3/c1-3-4-15-14(9-16)10-17-18(15)11-13-7-5-12(2)6-8-13/h5-8,10H,3-4,9,11,16H2,1-2H3. The van der Waals surface area contributed by atoms with E-state index in [0.717, 1.165) is 19.4 Å². The number of nitrogens with two attached hydrogens (primary N) is 1. The predicted octanol–water partition coefficient (Wildman–Crippen LogP) is 2.65. The number of nitrogens with zero attached hydrogens (tertiary/aromatic N) is 2. The molecule has 3 nitrogen and oxygen atoms in total. The molecule has 2 N–H and O–H groups in total. The molecule has 0 fully saturated rings. The Hall–Kier alpha value is -1.61. The summed E-state index contributed by atoms with van der Waals surface area (Å²) in [6, 6.07) is 8.61. The molecule has 1 heterocycles. The highest BCUT2D eigenvalue weighted by molar-refractivity contribution is 5.23. The van der Waals surface area contributed by atoms with Gasteiger partial charge < -0.3 is 5.73 Å². The van der Waals surface area contributed by atoms with E-state index in [2.05, 4.69) is 47.9 Å². The van der Waals surface area contributed by atoms with Crippen LogP contribution in [0.2, 0.25) is 0 Å². The second-order valence-electron chi connectivity index (χ2n) is 4.71. The van der Waals surface area contributed by atoms with Gasteiger partial charge in [0.15, 0.2) is 0 Å². The lowest BCUT2D eigenvalue weighted by atomic mass is 10.1. The smallest absolute Gasteiger partial charge is 0.0662 e. The molecular weight excluding hydrogens is 222 g/mol. The van der Waals surface area contributed by atoms with Crippen molar-refractivity contribution in [2.75, 3.05) is 0 Å². The van der Waals surface area contributed by atoms with Crippen LogP contribution in [0.3, 0.4) is 0 Å². The number of rotatable bonds is 5. The Morgan fingerprint density at radius 3 is 2.56 bits per heavy atom. The summed E-state index contributed by atoms with van der Waals surface area (Å²) in [5.74, 6) is 0. The van der Waals surface area contributed by atoms with Crippen LogP contribution in [0.1, 0.15) is 35.7 Å². The highest BCUT2D eigenvalue weighted by atomic mass is 15.3. The summed E-state index contributed by atoms with van der Waals surface area (Å²) in [7, 11) is 0. The van der Waals surface area contributed by atoms with Crippen LogP contribution in [-0.2, 0) is 19.5 Å². The van der Waals surface area contributed by atoms with E-state index >= 15 is 0 Å². The molecule has 0 radical (unpaired) electrons. The van der Waals surface area contributed by atoms with Crippen LogP contribution in [0.15, 0.2) is 30.5 Å². The highest BCUT2D eigenvalue weighted by Crippen LogP contribution is 2.13. The molecule has 1 aromatic carbocycles. The van der Waals surface area contributed by atoms with Gasteiger partial charge in [-0.05, 0) is 18.9 Å². The topological polar surface area (TPSA) is 43.8 Å². The van der Waals surface area contributed by atoms with Crippen molar-refractivity contribution in [2.45, 2.75) is 39.8 Å². The highest BCUT2D eigenvalue weighted by Gasteiger charge is 2.08. The van der Waals surface area contributed by atoms with Crippen molar-refractivity contribution in [3.05, 3.63) is 52.8 Å². The zero-order valence-corrected chi connectivity index (χ0v) is 11.2. The largest absolute Gasteiger partial charge is 0.326 e. The van der Waals surface area contributed by atoms with Crippen LogP contribution in [0.5, 0.6) is 0 Å². The van der Waals surface area contributed by atoms with Crippen LogP contribution in [-0.4, -0.2) is 9.78 Å². The number of hydrogen-bond donors (Lipinski definition) is 1. The first-order valence-electron chi connectivity index (χ1n) is 6.53. The number of hydrogen-bond acceptors (Lipinski definition) is 2. The molecule has 3 heteroatoms. The molecule has 0 aliphatic carbocycles. The first kappa shape index (κ1) is 12.8. The summed E-state index contributed by atoms with van der Waals surface area (Å²) in [5, 5.41) is 4.46. The van der Waals surface area contributed by atoms with Crippen LogP contribution in [0.25, 0.3) is 0 Å². The molecule has 18 heavy (non-hydrogen) atoms. The SMILES string of the molecule is CCCc1c(CN)cnn1Cc1ccc(C)cc1. The molecule has 2 aromatic rings. The molecule has 1 aromatic heterocycles. The van der Waals surface area contributed by atoms with Gasteiger partial charge in [-0.15, -0.1) is 0 Å². The fourth-order valence-corrected chi connectivity index (χ4v) is 2.15. The summed E-state index contributed by atoms with van der Waals surface area (Å²) in [6.07, 6.45) is 4.06. The van der Waals surface area contributed by atoms with Crippen molar-refractivity contribution in [3.8, 4) is 0 Å². The molecule has 96 valence electrons. The van der Waals surface area contributed by atoms with Gasteiger partial charge in [-0.25, -0.2) is 0 Å². The fourth-order valence-electron chi connectivity index (χ4n) is 2.15. The van der Waals surface area contributed by atoms with Gasteiger partial charge in [-0.2, -0.15) is 5.10 Å². The quantitative estimate of drug-likeness (QED) is 0.877. The number of aromatic nitrogens is 2. The first-order chi connectivity index (χ1) is 8.74. The lowest BCUT2D eigenvalue weighted by Gasteiger charge is -2.09. The van der Waals surface area contributed by atoms with Crippen LogP contribution >= 0.6 is 0 Å². The second-order valence-corrected chi connectivity index (χ2v) is 4.71. The maximum absolute atomic E-state index is 5.75. The molecule has 2 rings (SSSR count). The Balaban J connectivity index is 2.22. The van der Waals surface area contributed by atoms with Crippen molar-refractivity contribution < 1.29 is 0 Å². The summed E-state index contributed by atoms with van der Waals surface area (Å²) in [6.45, 7) is 5.69. The Kier molecular flexibility index (Phi) is 4.15.